The fourth-order valence-electron chi connectivity index (χ4n) is 3.18. The Hall–Kier alpha value is -1.96. The van der Waals surface area contributed by atoms with Crippen LogP contribution in [0.2, 0.25) is 5.02 Å². The smallest absolute Gasteiger partial charge is 0.266 e. The quantitative estimate of drug-likeness (QED) is 0.326. The molecule has 1 heterocycles. The van der Waals surface area contributed by atoms with Crippen LogP contribution < -0.4 is 9.47 Å². The molecule has 176 valence electrons. The van der Waals surface area contributed by atoms with E-state index in [9.17, 15) is 4.79 Å². The van der Waals surface area contributed by atoms with Crippen LogP contribution in [-0.2, 0) is 11.4 Å². The van der Waals surface area contributed by atoms with Gasteiger partial charge in [0.05, 0.1) is 11.5 Å². The summed E-state index contributed by atoms with van der Waals surface area (Å²) in [6.45, 7) is 10.8. The molecule has 8 heteroatoms. The SMILES string of the molecule is CCOc1cc(/C=C2/SC(=NC(C)C)N(C(C)C)C2=O)c(Br)cc1OCc1ccc(Cl)cc1. The highest BCUT2D eigenvalue weighted by Gasteiger charge is 2.35. The average Bonchev–Trinajstić information content (AvgIpc) is 3.04. The zero-order valence-corrected chi connectivity index (χ0v) is 22.6. The molecule has 1 amide bonds. The molecule has 2 aromatic carbocycles. The van der Waals surface area contributed by atoms with E-state index in [1.807, 2.05) is 77.1 Å². The van der Waals surface area contributed by atoms with Crippen LogP contribution in [0.25, 0.3) is 6.08 Å². The van der Waals surface area contributed by atoms with Crippen LogP contribution in [0.3, 0.4) is 0 Å². The van der Waals surface area contributed by atoms with Gasteiger partial charge in [-0.1, -0.05) is 39.7 Å². The van der Waals surface area contributed by atoms with Gasteiger partial charge in [0.1, 0.15) is 6.61 Å². The van der Waals surface area contributed by atoms with E-state index >= 15 is 0 Å². The zero-order valence-electron chi connectivity index (χ0n) is 19.4. The summed E-state index contributed by atoms with van der Waals surface area (Å²) >= 11 is 11.0. The van der Waals surface area contributed by atoms with Gasteiger partial charge in [-0.15, -0.1) is 0 Å². The van der Waals surface area contributed by atoms with Crippen LogP contribution in [0.1, 0.15) is 45.7 Å². The molecular formula is C25H28BrClN2O3S. The summed E-state index contributed by atoms with van der Waals surface area (Å²) in [5, 5.41) is 1.42. The highest BCUT2D eigenvalue weighted by Crippen LogP contribution is 2.39. The second-order valence-corrected chi connectivity index (χ2v) is 10.4. The summed E-state index contributed by atoms with van der Waals surface area (Å²) in [7, 11) is 0. The average molecular weight is 552 g/mol. The molecule has 0 spiro atoms. The van der Waals surface area contributed by atoms with Crippen molar-refractivity contribution in [1.29, 1.82) is 0 Å². The first-order valence-electron chi connectivity index (χ1n) is 10.8. The van der Waals surface area contributed by atoms with Crippen molar-refractivity contribution in [1.82, 2.24) is 4.90 Å². The Kier molecular flexibility index (Phi) is 8.90. The Morgan fingerprint density at radius 1 is 1.12 bits per heavy atom. The molecule has 1 fully saturated rings. The van der Waals surface area contributed by atoms with Crippen molar-refractivity contribution >= 4 is 56.4 Å². The number of carbonyl (C=O) groups is 1. The number of rotatable bonds is 8. The summed E-state index contributed by atoms with van der Waals surface area (Å²) in [4.78, 5) is 20.1. The number of aliphatic imine (C=N–C) groups is 1. The number of halogens is 2. The number of nitrogens with zero attached hydrogens (tertiary/aromatic N) is 2. The first kappa shape index (κ1) is 25.7. The van der Waals surface area contributed by atoms with E-state index in [1.165, 1.54) is 11.8 Å². The third-order valence-electron chi connectivity index (χ3n) is 4.68. The minimum atomic E-state index is -0.0395. The van der Waals surface area contributed by atoms with Gasteiger partial charge in [-0.2, -0.15) is 0 Å². The van der Waals surface area contributed by atoms with Crippen LogP contribution in [0, 0.1) is 0 Å². The van der Waals surface area contributed by atoms with Gasteiger partial charge in [-0.25, -0.2) is 0 Å². The molecular weight excluding hydrogens is 524 g/mol. The molecule has 1 aliphatic rings. The van der Waals surface area contributed by atoms with Gasteiger partial charge in [0.15, 0.2) is 16.7 Å². The topological polar surface area (TPSA) is 51.1 Å². The predicted octanol–water partition coefficient (Wildman–Crippen LogP) is 7.17. The Labute approximate surface area is 213 Å². The number of amides is 1. The van der Waals surface area contributed by atoms with Crippen molar-refractivity contribution in [3.63, 3.8) is 0 Å². The highest BCUT2D eigenvalue weighted by molar-refractivity contribution is 9.10. The fourth-order valence-corrected chi connectivity index (χ4v) is 4.96. The summed E-state index contributed by atoms with van der Waals surface area (Å²) < 4.78 is 12.7. The van der Waals surface area contributed by atoms with Gasteiger partial charge < -0.3 is 9.47 Å². The lowest BCUT2D eigenvalue weighted by Gasteiger charge is -2.20. The fraction of sp³-hybridized carbons (Fsp3) is 0.360. The predicted molar refractivity (Wildman–Crippen MR) is 141 cm³/mol. The Morgan fingerprint density at radius 3 is 2.39 bits per heavy atom. The Bertz CT molecular complexity index is 1070. The molecule has 1 aliphatic heterocycles. The molecule has 0 aliphatic carbocycles. The number of hydrogen-bond acceptors (Lipinski definition) is 5. The molecule has 0 bridgehead atoms. The van der Waals surface area contributed by atoms with Gasteiger partial charge in [-0.05, 0) is 87.8 Å². The van der Waals surface area contributed by atoms with Crippen molar-refractivity contribution in [2.45, 2.75) is 53.3 Å². The Balaban J connectivity index is 1.90. The first-order chi connectivity index (χ1) is 15.7. The molecule has 3 rings (SSSR count). The van der Waals surface area contributed by atoms with Crippen molar-refractivity contribution in [3.05, 3.63) is 61.9 Å². The molecule has 2 aromatic rings. The van der Waals surface area contributed by atoms with Crippen LogP contribution in [0.15, 0.2) is 50.8 Å². The number of carbonyl (C=O) groups excluding carboxylic acids is 1. The van der Waals surface area contributed by atoms with E-state index in [0.717, 1.165) is 20.8 Å². The van der Waals surface area contributed by atoms with Gasteiger partial charge >= 0.3 is 0 Å². The molecule has 0 aromatic heterocycles. The molecule has 33 heavy (non-hydrogen) atoms. The van der Waals surface area contributed by atoms with Crippen LogP contribution >= 0.6 is 39.3 Å². The molecule has 0 saturated carbocycles. The third kappa shape index (κ3) is 6.55. The molecule has 0 atom stereocenters. The molecule has 5 nitrogen and oxygen atoms in total. The van der Waals surface area contributed by atoms with Gasteiger partial charge in [-0.3, -0.25) is 14.7 Å². The number of ether oxygens (including phenoxy) is 2. The molecule has 1 saturated heterocycles. The maximum Gasteiger partial charge on any atom is 0.266 e. The van der Waals surface area contributed by atoms with E-state index in [-0.39, 0.29) is 18.0 Å². The van der Waals surface area contributed by atoms with Crippen LogP contribution in [0.4, 0.5) is 0 Å². The number of thioether (sulfide) groups is 1. The lowest BCUT2D eigenvalue weighted by Crippen LogP contribution is -2.35. The van der Waals surface area contributed by atoms with Gasteiger partial charge in [0.25, 0.3) is 5.91 Å². The summed E-state index contributed by atoms with van der Waals surface area (Å²) in [6, 6.07) is 11.4. The summed E-state index contributed by atoms with van der Waals surface area (Å²) in [5.41, 5.74) is 1.84. The van der Waals surface area contributed by atoms with Crippen molar-refractivity contribution in [2.24, 2.45) is 4.99 Å². The molecule has 0 radical (unpaired) electrons. The van der Waals surface area contributed by atoms with Gasteiger partial charge in [0, 0.05) is 21.6 Å². The van der Waals surface area contributed by atoms with Gasteiger partial charge in [0.2, 0.25) is 0 Å². The third-order valence-corrected chi connectivity index (χ3v) is 6.61. The van der Waals surface area contributed by atoms with E-state index in [4.69, 9.17) is 21.1 Å². The number of benzene rings is 2. The van der Waals surface area contributed by atoms with E-state index in [2.05, 4.69) is 20.9 Å². The zero-order chi connectivity index (χ0) is 24.1. The lowest BCUT2D eigenvalue weighted by molar-refractivity contribution is -0.123. The summed E-state index contributed by atoms with van der Waals surface area (Å²) in [6.07, 6.45) is 1.88. The van der Waals surface area contributed by atoms with Crippen LogP contribution in [0.5, 0.6) is 11.5 Å². The van der Waals surface area contributed by atoms with E-state index in [0.29, 0.717) is 34.6 Å². The number of amidine groups is 1. The van der Waals surface area contributed by atoms with Crippen molar-refractivity contribution in [3.8, 4) is 11.5 Å². The molecule has 0 N–H and O–H groups in total. The Morgan fingerprint density at radius 2 is 1.79 bits per heavy atom. The van der Waals surface area contributed by atoms with E-state index in [1.54, 1.807) is 4.90 Å². The first-order valence-corrected chi connectivity index (χ1v) is 12.8. The van der Waals surface area contributed by atoms with Crippen molar-refractivity contribution in [2.75, 3.05) is 6.61 Å². The number of hydrogen-bond donors (Lipinski definition) is 0. The standard InChI is InChI=1S/C25H28BrClN2O3S/c1-6-31-21-11-18(12-23-24(30)29(16(4)5)25(33-23)28-15(2)3)20(26)13-22(21)32-14-17-7-9-19(27)10-8-17/h7-13,15-16H,6,14H2,1-5H3/b23-12+,28-25?. The maximum absolute atomic E-state index is 13.1. The minimum absolute atomic E-state index is 0.0273. The maximum atomic E-state index is 13.1. The van der Waals surface area contributed by atoms with Crippen molar-refractivity contribution < 1.29 is 14.3 Å². The monoisotopic (exact) mass is 550 g/mol. The second kappa shape index (κ2) is 11.4. The molecule has 0 unspecified atom stereocenters. The highest BCUT2D eigenvalue weighted by atomic mass is 79.9. The lowest BCUT2D eigenvalue weighted by atomic mass is 10.1. The second-order valence-electron chi connectivity index (χ2n) is 8.05. The van der Waals surface area contributed by atoms with E-state index < -0.39 is 0 Å². The minimum Gasteiger partial charge on any atom is -0.490 e. The largest absolute Gasteiger partial charge is 0.490 e. The summed E-state index contributed by atoms with van der Waals surface area (Å²) in [5.74, 6) is 1.20. The normalized spacial score (nSPS) is 16.5. The van der Waals surface area contributed by atoms with Crippen LogP contribution in [-0.4, -0.2) is 34.7 Å².